The number of amides is 1. The van der Waals surface area contributed by atoms with Gasteiger partial charge in [0.15, 0.2) is 0 Å². The minimum atomic E-state index is -0.296. The maximum absolute atomic E-state index is 11.9. The third-order valence-corrected chi connectivity index (χ3v) is 3.30. The van der Waals surface area contributed by atoms with Gasteiger partial charge in [-0.05, 0) is 19.1 Å². The molecule has 0 saturated carbocycles. The molecule has 20 heavy (non-hydrogen) atoms. The standard InChI is InChI=1S/C14H22N4O2/c1-12(19)10-17-5-7-18(8-6-17)11-14(20)16-13-3-2-4-15-9-13/h2-4,9,12,19H,5-8,10-11H2,1H3,(H,16,20)/t12-/m1/s1. The van der Waals surface area contributed by atoms with Crippen molar-refractivity contribution in [3.63, 3.8) is 0 Å². The normalized spacial score (nSPS) is 18.7. The van der Waals surface area contributed by atoms with Gasteiger partial charge in [-0.25, -0.2) is 0 Å². The largest absolute Gasteiger partial charge is 0.392 e. The Morgan fingerprint density at radius 1 is 1.40 bits per heavy atom. The van der Waals surface area contributed by atoms with Crippen molar-refractivity contribution >= 4 is 11.6 Å². The first-order valence-electron chi connectivity index (χ1n) is 6.96. The van der Waals surface area contributed by atoms with Crippen LogP contribution in [-0.4, -0.2) is 71.2 Å². The average molecular weight is 278 g/mol. The van der Waals surface area contributed by atoms with Gasteiger partial charge >= 0.3 is 0 Å². The van der Waals surface area contributed by atoms with E-state index in [4.69, 9.17) is 0 Å². The topological polar surface area (TPSA) is 68.7 Å². The number of carbonyl (C=O) groups is 1. The van der Waals surface area contributed by atoms with Crippen molar-refractivity contribution < 1.29 is 9.90 Å². The Morgan fingerprint density at radius 2 is 2.10 bits per heavy atom. The summed E-state index contributed by atoms with van der Waals surface area (Å²) in [4.78, 5) is 20.2. The molecule has 1 aliphatic rings. The predicted molar refractivity (Wildman–Crippen MR) is 77.4 cm³/mol. The Labute approximate surface area is 119 Å². The van der Waals surface area contributed by atoms with Crippen molar-refractivity contribution in [1.82, 2.24) is 14.8 Å². The van der Waals surface area contributed by atoms with Crippen LogP contribution >= 0.6 is 0 Å². The number of pyridine rings is 1. The molecule has 0 unspecified atom stereocenters. The minimum absolute atomic E-state index is 0.0121. The lowest BCUT2D eigenvalue weighted by Crippen LogP contribution is -2.50. The van der Waals surface area contributed by atoms with Gasteiger partial charge in [0.2, 0.25) is 5.91 Å². The zero-order chi connectivity index (χ0) is 14.4. The molecule has 0 spiro atoms. The van der Waals surface area contributed by atoms with E-state index < -0.39 is 0 Å². The van der Waals surface area contributed by atoms with Crippen LogP contribution in [0.2, 0.25) is 0 Å². The Bertz CT molecular complexity index is 416. The molecular weight excluding hydrogens is 256 g/mol. The molecule has 0 bridgehead atoms. The number of aliphatic hydroxyl groups excluding tert-OH is 1. The van der Waals surface area contributed by atoms with E-state index in [2.05, 4.69) is 20.1 Å². The highest BCUT2D eigenvalue weighted by molar-refractivity contribution is 5.92. The van der Waals surface area contributed by atoms with E-state index in [0.717, 1.165) is 31.9 Å². The monoisotopic (exact) mass is 278 g/mol. The third kappa shape index (κ3) is 4.88. The summed E-state index contributed by atoms with van der Waals surface area (Å²) >= 11 is 0. The molecule has 6 heteroatoms. The third-order valence-electron chi connectivity index (χ3n) is 3.30. The van der Waals surface area contributed by atoms with Crippen molar-refractivity contribution in [2.75, 3.05) is 44.6 Å². The summed E-state index contributed by atoms with van der Waals surface area (Å²) < 4.78 is 0. The predicted octanol–water partition coefficient (Wildman–Crippen LogP) is 0.0185. The van der Waals surface area contributed by atoms with Crippen molar-refractivity contribution in [3.05, 3.63) is 24.5 Å². The molecule has 2 heterocycles. The molecule has 1 atom stereocenters. The van der Waals surface area contributed by atoms with Crippen LogP contribution < -0.4 is 5.32 Å². The molecule has 1 saturated heterocycles. The van der Waals surface area contributed by atoms with Crippen molar-refractivity contribution in [2.45, 2.75) is 13.0 Å². The van der Waals surface area contributed by atoms with Gasteiger partial charge in [0.05, 0.1) is 24.5 Å². The summed E-state index contributed by atoms with van der Waals surface area (Å²) in [6, 6.07) is 3.62. The molecule has 1 aromatic heterocycles. The smallest absolute Gasteiger partial charge is 0.238 e. The second-order valence-electron chi connectivity index (χ2n) is 5.22. The Kier molecular flexibility index (Phi) is 5.46. The van der Waals surface area contributed by atoms with E-state index in [0.29, 0.717) is 13.1 Å². The number of nitrogens with zero attached hydrogens (tertiary/aromatic N) is 3. The zero-order valence-corrected chi connectivity index (χ0v) is 11.8. The van der Waals surface area contributed by atoms with Crippen LogP contribution in [0.4, 0.5) is 5.69 Å². The fraction of sp³-hybridized carbons (Fsp3) is 0.571. The molecule has 0 radical (unpaired) electrons. The summed E-state index contributed by atoms with van der Waals surface area (Å²) in [5, 5.41) is 12.2. The Morgan fingerprint density at radius 3 is 2.70 bits per heavy atom. The van der Waals surface area contributed by atoms with Gasteiger partial charge in [-0.3, -0.25) is 19.6 Å². The summed E-state index contributed by atoms with van der Waals surface area (Å²) in [5.74, 6) is -0.0121. The second kappa shape index (κ2) is 7.33. The summed E-state index contributed by atoms with van der Waals surface area (Å²) in [5.41, 5.74) is 0.727. The van der Waals surface area contributed by atoms with E-state index in [1.165, 1.54) is 0 Å². The summed E-state index contributed by atoms with van der Waals surface area (Å²) in [7, 11) is 0. The molecule has 1 aromatic rings. The molecule has 110 valence electrons. The highest BCUT2D eigenvalue weighted by Gasteiger charge is 2.19. The fourth-order valence-corrected chi connectivity index (χ4v) is 2.34. The maximum atomic E-state index is 11.9. The van der Waals surface area contributed by atoms with E-state index in [-0.39, 0.29) is 12.0 Å². The van der Waals surface area contributed by atoms with E-state index in [9.17, 15) is 9.90 Å². The molecule has 1 aliphatic heterocycles. The van der Waals surface area contributed by atoms with Crippen molar-refractivity contribution in [3.8, 4) is 0 Å². The van der Waals surface area contributed by atoms with E-state index >= 15 is 0 Å². The second-order valence-corrected chi connectivity index (χ2v) is 5.22. The number of rotatable bonds is 5. The molecule has 0 aromatic carbocycles. The number of aromatic nitrogens is 1. The first-order valence-corrected chi connectivity index (χ1v) is 6.96. The van der Waals surface area contributed by atoms with Crippen LogP contribution in [0.25, 0.3) is 0 Å². The lowest BCUT2D eigenvalue weighted by Gasteiger charge is -2.34. The molecule has 6 nitrogen and oxygen atoms in total. The minimum Gasteiger partial charge on any atom is -0.392 e. The van der Waals surface area contributed by atoms with E-state index in [1.54, 1.807) is 25.4 Å². The quantitative estimate of drug-likeness (QED) is 0.794. The molecule has 2 rings (SSSR count). The lowest BCUT2D eigenvalue weighted by atomic mass is 10.2. The number of piperazine rings is 1. The van der Waals surface area contributed by atoms with Crippen molar-refractivity contribution in [1.29, 1.82) is 0 Å². The number of anilines is 1. The first kappa shape index (κ1) is 14.9. The molecule has 0 aliphatic carbocycles. The van der Waals surface area contributed by atoms with Crippen LogP contribution in [0.15, 0.2) is 24.5 Å². The Balaban J connectivity index is 1.71. The number of β-amino-alcohol motifs (C(OH)–C–C–N with tert-alkyl or cyclic N) is 1. The highest BCUT2D eigenvalue weighted by Crippen LogP contribution is 2.05. The van der Waals surface area contributed by atoms with Gasteiger partial charge in [0, 0.05) is 38.9 Å². The molecule has 2 N–H and O–H groups in total. The first-order chi connectivity index (χ1) is 9.63. The maximum Gasteiger partial charge on any atom is 0.238 e. The number of hydrogen-bond donors (Lipinski definition) is 2. The SMILES string of the molecule is C[C@@H](O)CN1CCN(CC(=O)Nc2cccnc2)CC1. The summed E-state index contributed by atoms with van der Waals surface area (Å²) in [6.07, 6.45) is 3.02. The molecular formula is C14H22N4O2. The van der Waals surface area contributed by atoms with E-state index in [1.807, 2.05) is 6.07 Å². The van der Waals surface area contributed by atoms with Crippen LogP contribution in [0.1, 0.15) is 6.92 Å². The highest BCUT2D eigenvalue weighted by atomic mass is 16.3. The number of aliphatic hydroxyl groups is 1. The number of hydrogen-bond acceptors (Lipinski definition) is 5. The molecule has 1 fully saturated rings. The van der Waals surface area contributed by atoms with Crippen LogP contribution in [0.5, 0.6) is 0 Å². The van der Waals surface area contributed by atoms with Gasteiger partial charge in [0.1, 0.15) is 0 Å². The van der Waals surface area contributed by atoms with Crippen LogP contribution in [0, 0.1) is 0 Å². The van der Waals surface area contributed by atoms with Gasteiger partial charge in [-0.2, -0.15) is 0 Å². The van der Waals surface area contributed by atoms with Gasteiger partial charge in [-0.15, -0.1) is 0 Å². The Hall–Kier alpha value is -1.50. The zero-order valence-electron chi connectivity index (χ0n) is 11.8. The van der Waals surface area contributed by atoms with Gasteiger partial charge < -0.3 is 10.4 Å². The summed E-state index contributed by atoms with van der Waals surface area (Å²) in [6.45, 7) is 6.40. The average Bonchev–Trinajstić information content (AvgIpc) is 2.41. The number of carbonyl (C=O) groups excluding carboxylic acids is 1. The number of nitrogens with one attached hydrogen (secondary N) is 1. The van der Waals surface area contributed by atoms with Gasteiger partial charge in [-0.1, -0.05) is 0 Å². The van der Waals surface area contributed by atoms with Gasteiger partial charge in [0.25, 0.3) is 0 Å². The fourth-order valence-electron chi connectivity index (χ4n) is 2.34. The van der Waals surface area contributed by atoms with Crippen LogP contribution in [0.3, 0.4) is 0 Å². The lowest BCUT2D eigenvalue weighted by molar-refractivity contribution is -0.117. The van der Waals surface area contributed by atoms with Crippen molar-refractivity contribution in [2.24, 2.45) is 0 Å². The molecule has 1 amide bonds. The van der Waals surface area contributed by atoms with Crippen LogP contribution in [-0.2, 0) is 4.79 Å².